The summed E-state index contributed by atoms with van der Waals surface area (Å²) in [6.07, 6.45) is -1.20. The number of aromatic nitrogens is 6. The molecule has 3 amide bonds. The summed E-state index contributed by atoms with van der Waals surface area (Å²) in [5.41, 5.74) is 14.5. The van der Waals surface area contributed by atoms with Crippen molar-refractivity contribution in [1.29, 1.82) is 10.8 Å². The number of likely N-dealkylation sites (tertiary alicyclic amines) is 3. The van der Waals surface area contributed by atoms with Crippen molar-refractivity contribution in [3.63, 3.8) is 0 Å². The maximum atomic E-state index is 12.0. The number of aliphatic hydroxyl groups excluding tert-OH is 1. The number of nitriles is 1. The van der Waals surface area contributed by atoms with Gasteiger partial charge in [-0.25, -0.2) is 19.2 Å². The van der Waals surface area contributed by atoms with E-state index in [9.17, 15) is 74.5 Å². The molecule has 0 atom stereocenters. The number of ether oxygens (including phenoxy) is 4. The van der Waals surface area contributed by atoms with Gasteiger partial charge in [-0.1, -0.05) is 79.9 Å². The zero-order chi connectivity index (χ0) is 96.3. The second kappa shape index (κ2) is 56.6. The number of nitrogens with two attached hydrogens (primary N) is 1. The van der Waals surface area contributed by atoms with Gasteiger partial charge in [-0.05, 0) is 99.6 Å². The van der Waals surface area contributed by atoms with E-state index in [1.165, 1.54) is 59.4 Å². The number of nitrogens with one attached hydrogen (secondary N) is 3. The third-order valence-corrected chi connectivity index (χ3v) is 16.7. The first-order valence-electron chi connectivity index (χ1n) is 36.3. The number of aliphatic carboxylic acids is 1. The molecular weight excluding hydrogens is 1930 g/mol. The summed E-state index contributed by atoms with van der Waals surface area (Å²) < 4.78 is 37.1. The third-order valence-electron chi connectivity index (χ3n) is 16.5. The molecule has 0 spiro atoms. The summed E-state index contributed by atoms with van der Waals surface area (Å²) in [5, 5.41) is 117. The number of carboxylic acid groups (broad SMARTS) is 1. The summed E-state index contributed by atoms with van der Waals surface area (Å²) in [5.74, 6) is 1.08. The average molecular weight is 2020 g/mol. The van der Waals surface area contributed by atoms with E-state index in [0.29, 0.717) is 117 Å². The van der Waals surface area contributed by atoms with Crippen molar-refractivity contribution in [3.05, 3.63) is 198 Å². The molecule has 3 aromatic heterocycles. The third kappa shape index (κ3) is 38.4. The summed E-state index contributed by atoms with van der Waals surface area (Å²) >= 11 is 12.6. The Bertz CT molecular complexity index is 5140. The summed E-state index contributed by atoms with van der Waals surface area (Å²) in [7, 11) is 12.4. The van der Waals surface area contributed by atoms with Crippen LogP contribution < -0.4 is 16.0 Å². The number of oxime groups is 1. The van der Waals surface area contributed by atoms with Gasteiger partial charge in [0.05, 0.1) is 85.9 Å². The molecule has 694 valence electrons. The minimum atomic E-state index is -0.857. The number of aliphatic hydroxyl groups is 1. The molecule has 0 aliphatic carbocycles. The first-order chi connectivity index (χ1) is 59.7. The van der Waals surface area contributed by atoms with Gasteiger partial charge < -0.3 is 78.9 Å². The molecule has 9 N–H and O–H groups in total. The van der Waals surface area contributed by atoms with E-state index < -0.39 is 84.2 Å². The molecule has 5 aromatic carbocycles. The predicted molar refractivity (Wildman–Crippen MR) is 460 cm³/mol. The molecule has 2 radical (unpaired) electrons. The number of carbonyl (C=O) groups excluding carboxylic acids is 4. The number of carbonyl (C=O) groups is 5. The molecular formula is C72H89Cl6N23O26Sn. The van der Waals surface area contributed by atoms with Gasteiger partial charge in [0.15, 0.2) is 5.84 Å². The number of nitrogens with zero attached hydrogens (tertiary/aromatic N) is 19. The summed E-state index contributed by atoms with van der Waals surface area (Å²) in [6.45, 7) is 24.9. The van der Waals surface area contributed by atoms with Crippen LogP contribution >= 0.6 is 65.4 Å². The van der Waals surface area contributed by atoms with Crippen molar-refractivity contribution in [1.82, 2.24) is 55.4 Å². The minimum absolute atomic E-state index is 0. The predicted octanol–water partition coefficient (Wildman–Crippen LogP) is 14.8. The number of nitro groups is 5. The first-order valence-corrected chi connectivity index (χ1v) is 44.6. The van der Waals surface area contributed by atoms with E-state index in [2.05, 4.69) is 101 Å². The quantitative estimate of drug-likeness (QED) is 0.00479. The molecule has 0 bridgehead atoms. The number of aryl methyl sites for hydroxylation is 5. The van der Waals surface area contributed by atoms with Gasteiger partial charge in [-0.2, -0.15) is 25.7 Å². The van der Waals surface area contributed by atoms with Crippen LogP contribution in [0.15, 0.2) is 125 Å². The van der Waals surface area contributed by atoms with Crippen LogP contribution in [0.1, 0.15) is 123 Å². The van der Waals surface area contributed by atoms with Crippen LogP contribution in [0.5, 0.6) is 0 Å². The molecule has 128 heavy (non-hydrogen) atoms. The molecule has 56 heteroatoms. The van der Waals surface area contributed by atoms with Crippen molar-refractivity contribution in [3.8, 4) is 40.2 Å². The fourth-order valence-corrected chi connectivity index (χ4v) is 9.94. The summed E-state index contributed by atoms with van der Waals surface area (Å²) in [4.78, 5) is 125. The zero-order valence-electron chi connectivity index (χ0n) is 70.5. The Kier molecular flexibility index (Phi) is 50.3. The molecule has 12 rings (SSSR count). The Morgan fingerprint density at radius 2 is 0.914 bits per heavy atom. The number of rotatable bonds is 14. The van der Waals surface area contributed by atoms with Gasteiger partial charge in [0, 0.05) is 163 Å². The Morgan fingerprint density at radius 1 is 0.609 bits per heavy atom. The number of hydrogen-bond acceptors (Lipinski definition) is 37. The number of hydrogen-bond donors (Lipinski definition) is 8. The van der Waals surface area contributed by atoms with Crippen LogP contribution in [-0.2, 0) is 23.7 Å². The molecule has 0 saturated carbocycles. The van der Waals surface area contributed by atoms with Crippen molar-refractivity contribution in [2.75, 3.05) is 73.2 Å². The Labute approximate surface area is 767 Å². The molecule has 49 nitrogen and oxygen atoms in total. The average Bonchev–Trinajstić information content (AvgIpc) is 1.63. The monoisotopic (exact) mass is 2020 g/mol. The molecule has 8 aromatic rings. The molecule has 4 fully saturated rings. The Hall–Kier alpha value is -12.4. The van der Waals surface area contributed by atoms with Gasteiger partial charge in [0.25, 0.3) is 28.4 Å². The van der Waals surface area contributed by atoms with E-state index in [4.69, 9.17) is 78.0 Å². The van der Waals surface area contributed by atoms with Crippen LogP contribution in [0.2, 0.25) is 0 Å². The zero-order valence-corrected chi connectivity index (χ0v) is 77.9. The number of benzene rings is 5. The summed E-state index contributed by atoms with van der Waals surface area (Å²) in [6, 6.07) is 25.1. The maximum absolute atomic E-state index is 12.0. The normalized spacial score (nSPS) is 12.9. The molecule has 4 aliphatic rings. The number of amidine groups is 1. The van der Waals surface area contributed by atoms with Crippen molar-refractivity contribution in [2.45, 2.75) is 112 Å². The van der Waals surface area contributed by atoms with Crippen molar-refractivity contribution >= 4 is 148 Å². The second-order valence-corrected chi connectivity index (χ2v) is 32.7. The van der Waals surface area contributed by atoms with Crippen molar-refractivity contribution in [2.24, 2.45) is 31.9 Å². The van der Waals surface area contributed by atoms with E-state index in [0.717, 1.165) is 13.1 Å². The number of nitro benzene ring substituents is 5. The molecule has 0 unspecified atom stereocenters. The first kappa shape index (κ1) is 114. The van der Waals surface area contributed by atoms with Gasteiger partial charge in [0.1, 0.15) is 11.2 Å². The SMILES string of the molecule is CC(C)(C)OC(=O)N1CC(C(=O)O)C1.CCO.COC(=O)Cl.COC(=O)N1CC(c2nc(-c3ccc(C)c([N+](=O)[O-])c3)no2)C1.Cc1ccc(-c2noc(C3CN(C(=O)OC(C)(C)C)C3)n2)cc1[N+](=O)[O-].Cc1ccc(-c2noc(C3CNC3)n2)cc1[N+](=O)[O-].Cc1ccc(/C(N)=N/O)cc1[N+](=O)[O-].Cc1ccc(C#N)cc1[N+](=O)[O-].Cl.N=NN=NCl.ONCl.[Cl][Sn][Cl]. The van der Waals surface area contributed by atoms with E-state index in [-0.39, 0.29) is 90.2 Å². The number of carboxylic acids is 1. The molecule has 7 heterocycles. The van der Waals surface area contributed by atoms with Crippen LogP contribution in [0, 0.1) is 108 Å². The molecule has 4 saturated heterocycles. The Morgan fingerprint density at radius 3 is 1.18 bits per heavy atom. The fraction of sp³-hybridized carbons (Fsp3) is 0.403. The van der Waals surface area contributed by atoms with Crippen LogP contribution in [0.25, 0.3) is 34.2 Å². The van der Waals surface area contributed by atoms with Crippen LogP contribution in [-0.4, -0.2) is 229 Å². The van der Waals surface area contributed by atoms with E-state index >= 15 is 0 Å². The van der Waals surface area contributed by atoms with Gasteiger partial charge in [-0.3, -0.25) is 55.4 Å². The Balaban J connectivity index is 0.000000747. The van der Waals surface area contributed by atoms with Gasteiger partial charge >= 0.3 is 66.4 Å². The van der Waals surface area contributed by atoms with Gasteiger partial charge in [-0.15, -0.1) is 17.4 Å². The van der Waals surface area contributed by atoms with E-state index in [1.807, 2.05) is 26.8 Å². The van der Waals surface area contributed by atoms with Crippen LogP contribution in [0.4, 0.5) is 47.6 Å². The molecule has 4 aliphatic heterocycles. The number of halogens is 6. The van der Waals surface area contributed by atoms with Gasteiger partial charge in [0.2, 0.25) is 35.1 Å². The van der Waals surface area contributed by atoms with E-state index in [1.54, 1.807) is 128 Å². The topological polar surface area (TPSA) is 693 Å². The standard InChI is InChI=1S/C17H20N4O5.C14H14N4O5.C12H12N4O3.C9H15NO4.C8H9N3O3.C8H6N2O2.C2H3ClO2.C2H6O.ClHN4.ClH2NO.3ClH.Sn/c1-10-5-6-11(7-13(10)21(23)24)14-18-15(26-19-14)12-8-20(9-12)16(22)25-17(2,3)4;1-8-3-4-9(5-11(8)18(20)21)12-15-13(23-16-12)10-6-17(7-10)14(19)22-2;1-7-2-3-8(4-10(7)16(17)18)11-14-12(19-15-11)9-5-13-6-9;1-9(2,3)14-8(13)10-4-6(5-10)7(11)12;1-5-2-3-6(8(9)10-12)4-7(5)11(13)14;1-6-2-3-7(5-9)4-8(6)10(11)12;1-5-2(3)4;1-2-3;1-3-5-4-2;1-2-3;;;;/h5-7,12H,8-9H2,1-4H3;3-5,10H,6-7H2,1-2H3;2-4,9,13H,5-6H2,1H3;6H,4-5H2,1-3H3,(H,11,12);2-4,12H,1H3,(H2,9,10);2-4H,1H3;1H3;3H,2H2,1H3;2H;2-3H;3*1H;/q;;;;;;;;;;;;;+2/p-2. The fourth-order valence-electron chi connectivity index (χ4n) is 9.90. The number of amides is 3. The number of methoxy groups -OCH3 is 2. The second-order valence-electron chi connectivity index (χ2n) is 27.9. The van der Waals surface area contributed by atoms with Crippen molar-refractivity contribution < 1.29 is 102 Å². The van der Waals surface area contributed by atoms with Crippen LogP contribution in [0.3, 0.4) is 0 Å².